The third-order valence-electron chi connectivity index (χ3n) is 5.53. The summed E-state index contributed by atoms with van der Waals surface area (Å²) >= 11 is 0. The smallest absolute Gasteiger partial charge is 0.265 e. The minimum absolute atomic E-state index is 0.00865. The van der Waals surface area contributed by atoms with Crippen molar-refractivity contribution >= 4 is 26.6 Å². The Bertz CT molecular complexity index is 1390. The number of aromatic nitrogens is 5. The summed E-state index contributed by atoms with van der Waals surface area (Å²) in [5.41, 5.74) is 1.01. The quantitative estimate of drug-likeness (QED) is 0.362. The van der Waals surface area contributed by atoms with Gasteiger partial charge in [-0.2, -0.15) is 10.2 Å². The van der Waals surface area contributed by atoms with Crippen molar-refractivity contribution in [3.63, 3.8) is 0 Å². The van der Waals surface area contributed by atoms with Gasteiger partial charge in [0, 0.05) is 40.0 Å². The fourth-order valence-corrected chi connectivity index (χ4v) is 4.82. The van der Waals surface area contributed by atoms with E-state index in [4.69, 9.17) is 14.2 Å². The predicted molar refractivity (Wildman–Crippen MR) is 125 cm³/mol. The van der Waals surface area contributed by atoms with Crippen LogP contribution in [0.3, 0.4) is 0 Å². The summed E-state index contributed by atoms with van der Waals surface area (Å²) in [5.74, 6) is 0.418. The first-order valence-electron chi connectivity index (χ1n) is 10.3. The number of para-hydroxylation sites is 1. The molecule has 4 rings (SSSR count). The first-order valence-corrected chi connectivity index (χ1v) is 11.8. The molecule has 11 nitrogen and oxygen atoms in total. The number of anilines is 1. The van der Waals surface area contributed by atoms with E-state index in [9.17, 15) is 8.42 Å². The molecule has 12 heteroatoms. The van der Waals surface area contributed by atoms with Crippen LogP contribution in [0, 0.1) is 0 Å². The van der Waals surface area contributed by atoms with Crippen LogP contribution in [-0.2, 0) is 36.9 Å². The molecule has 0 saturated heterocycles. The fraction of sp³-hybridized carbons (Fsp3) is 0.318. The molecule has 0 spiro atoms. The molecule has 0 unspecified atom stereocenters. The summed E-state index contributed by atoms with van der Waals surface area (Å²) in [6, 6.07) is 8.87. The van der Waals surface area contributed by atoms with E-state index >= 15 is 0 Å². The molecular weight excluding hydrogens is 460 g/mol. The van der Waals surface area contributed by atoms with Crippen LogP contribution in [0.25, 0.3) is 16.7 Å². The Morgan fingerprint density at radius 2 is 1.82 bits per heavy atom. The highest BCUT2D eigenvalue weighted by Crippen LogP contribution is 2.28. The zero-order valence-electron chi connectivity index (χ0n) is 19.3. The lowest BCUT2D eigenvalue weighted by Gasteiger charge is -2.31. The average Bonchev–Trinajstić information content (AvgIpc) is 3.47. The molecule has 1 aromatic carbocycles. The number of methoxy groups -OCH3 is 3. The van der Waals surface area contributed by atoms with E-state index in [1.807, 2.05) is 6.07 Å². The summed E-state index contributed by atoms with van der Waals surface area (Å²) in [7, 11) is 2.57. The van der Waals surface area contributed by atoms with Crippen molar-refractivity contribution in [3.05, 3.63) is 60.7 Å². The normalized spacial score (nSPS) is 12.4. The van der Waals surface area contributed by atoms with E-state index < -0.39 is 15.6 Å². The Morgan fingerprint density at radius 1 is 1.06 bits per heavy atom. The molecule has 0 bridgehead atoms. The summed E-state index contributed by atoms with van der Waals surface area (Å²) in [4.78, 5) is 4.33. The second-order valence-electron chi connectivity index (χ2n) is 7.70. The van der Waals surface area contributed by atoms with Gasteiger partial charge in [0.05, 0.1) is 43.0 Å². The van der Waals surface area contributed by atoms with Crippen molar-refractivity contribution in [2.24, 2.45) is 7.05 Å². The molecule has 34 heavy (non-hydrogen) atoms. The monoisotopic (exact) mass is 486 g/mol. The van der Waals surface area contributed by atoms with Crippen LogP contribution in [0.15, 0.2) is 60.0 Å². The fourth-order valence-electron chi connectivity index (χ4n) is 3.83. The number of hydrogen-bond donors (Lipinski definition) is 1. The van der Waals surface area contributed by atoms with E-state index in [1.54, 1.807) is 69.7 Å². The molecule has 0 radical (unpaired) electrons. The first-order chi connectivity index (χ1) is 16.3. The highest BCUT2D eigenvalue weighted by atomic mass is 32.2. The predicted octanol–water partition coefficient (Wildman–Crippen LogP) is 2.09. The molecule has 4 aromatic rings. The number of nitrogens with zero attached hydrogens (tertiary/aromatic N) is 5. The molecule has 0 saturated carbocycles. The van der Waals surface area contributed by atoms with Crippen molar-refractivity contribution in [3.8, 4) is 5.82 Å². The van der Waals surface area contributed by atoms with Crippen LogP contribution in [0.4, 0.5) is 5.69 Å². The van der Waals surface area contributed by atoms with Gasteiger partial charge < -0.3 is 14.2 Å². The first kappa shape index (κ1) is 23.8. The molecule has 3 aromatic heterocycles. The van der Waals surface area contributed by atoms with E-state index in [0.717, 1.165) is 10.9 Å². The molecule has 0 aliphatic carbocycles. The lowest BCUT2D eigenvalue weighted by Crippen LogP contribution is -2.38. The summed E-state index contributed by atoms with van der Waals surface area (Å²) in [5, 5.41) is 9.24. The van der Waals surface area contributed by atoms with E-state index in [2.05, 4.69) is 19.9 Å². The molecule has 3 heterocycles. The summed E-state index contributed by atoms with van der Waals surface area (Å²) in [6.45, 7) is 0.506. The zero-order valence-corrected chi connectivity index (χ0v) is 20.1. The maximum Gasteiger partial charge on any atom is 0.265 e. The zero-order chi connectivity index (χ0) is 24.3. The average molecular weight is 487 g/mol. The van der Waals surface area contributed by atoms with Gasteiger partial charge in [-0.1, -0.05) is 12.1 Å². The van der Waals surface area contributed by atoms with Crippen molar-refractivity contribution in [2.45, 2.75) is 10.5 Å². The Hall–Kier alpha value is -3.32. The number of nitrogens with one attached hydrogen (secondary N) is 1. The Morgan fingerprint density at radius 3 is 2.53 bits per heavy atom. The Balaban J connectivity index is 1.66. The number of sulfonamides is 1. The van der Waals surface area contributed by atoms with Crippen molar-refractivity contribution in [1.82, 2.24) is 24.5 Å². The van der Waals surface area contributed by atoms with Gasteiger partial charge in [0.25, 0.3) is 10.0 Å². The van der Waals surface area contributed by atoms with Crippen LogP contribution in [0.1, 0.15) is 5.56 Å². The van der Waals surface area contributed by atoms with E-state index in [1.165, 1.54) is 17.1 Å². The standard InChI is InChI=1S/C22H26N6O5S/c1-27-21-16(11-24-27)6-5-7-19(21)26-34(29,30)18-12-25-28(13-18)20-10-17(8-9-23-20)22(33-4,14-31-2)15-32-3/h5-13,26H,14-15H2,1-4H3. The van der Waals surface area contributed by atoms with Gasteiger partial charge in [0.2, 0.25) is 0 Å². The second kappa shape index (κ2) is 9.50. The van der Waals surface area contributed by atoms with Crippen LogP contribution in [-0.4, -0.2) is 67.5 Å². The van der Waals surface area contributed by atoms with E-state index in [-0.39, 0.29) is 18.1 Å². The Kier molecular flexibility index (Phi) is 6.66. The van der Waals surface area contributed by atoms with Crippen molar-refractivity contribution < 1.29 is 22.6 Å². The number of benzene rings is 1. The number of hydrogen-bond acceptors (Lipinski definition) is 8. The maximum atomic E-state index is 13.1. The molecule has 1 N–H and O–H groups in total. The molecule has 180 valence electrons. The van der Waals surface area contributed by atoms with Crippen LogP contribution in [0.5, 0.6) is 0 Å². The molecule has 0 aliphatic rings. The summed E-state index contributed by atoms with van der Waals surface area (Å²) in [6.07, 6.45) is 5.95. The number of rotatable bonds is 10. The van der Waals surface area contributed by atoms with Gasteiger partial charge in [-0.15, -0.1) is 0 Å². The number of aryl methyl sites for hydroxylation is 1. The summed E-state index contributed by atoms with van der Waals surface area (Å²) < 4.78 is 48.3. The minimum atomic E-state index is -3.91. The largest absolute Gasteiger partial charge is 0.381 e. The van der Waals surface area contributed by atoms with Crippen molar-refractivity contribution in [2.75, 3.05) is 39.3 Å². The number of fused-ring (bicyclic) bond motifs is 1. The molecule has 0 fully saturated rings. The third kappa shape index (κ3) is 4.40. The van der Waals surface area contributed by atoms with Gasteiger partial charge in [-0.3, -0.25) is 9.40 Å². The Labute approximate surface area is 197 Å². The van der Waals surface area contributed by atoms with Gasteiger partial charge in [-0.05, 0) is 23.8 Å². The topological polar surface area (TPSA) is 122 Å². The van der Waals surface area contributed by atoms with Crippen LogP contribution in [0.2, 0.25) is 0 Å². The van der Waals surface area contributed by atoms with Gasteiger partial charge in [-0.25, -0.2) is 18.1 Å². The third-order valence-corrected chi connectivity index (χ3v) is 6.85. The molecule has 0 atom stereocenters. The van der Waals surface area contributed by atoms with Crippen LogP contribution < -0.4 is 4.72 Å². The van der Waals surface area contributed by atoms with Gasteiger partial charge in [0.15, 0.2) is 5.82 Å². The SMILES string of the molecule is COCC(COC)(OC)c1ccnc(-n2cc(S(=O)(=O)Nc3cccc4cnn(C)c34)cn2)c1. The highest BCUT2D eigenvalue weighted by Gasteiger charge is 2.33. The van der Waals surface area contributed by atoms with Gasteiger partial charge in [0.1, 0.15) is 10.5 Å². The number of pyridine rings is 1. The van der Waals surface area contributed by atoms with Crippen molar-refractivity contribution in [1.29, 1.82) is 0 Å². The van der Waals surface area contributed by atoms with Gasteiger partial charge >= 0.3 is 0 Å². The molecular formula is C22H26N6O5S. The molecule has 0 amide bonds. The lowest BCUT2D eigenvalue weighted by atomic mass is 9.96. The highest BCUT2D eigenvalue weighted by molar-refractivity contribution is 7.92. The number of ether oxygens (including phenoxy) is 3. The minimum Gasteiger partial charge on any atom is -0.381 e. The molecule has 0 aliphatic heterocycles. The van der Waals surface area contributed by atoms with E-state index in [0.29, 0.717) is 17.0 Å². The lowest BCUT2D eigenvalue weighted by molar-refractivity contribution is -0.109. The van der Waals surface area contributed by atoms with Crippen LogP contribution >= 0.6 is 0 Å². The second-order valence-corrected chi connectivity index (χ2v) is 9.39. The maximum absolute atomic E-state index is 13.1.